The van der Waals surface area contributed by atoms with Crippen molar-refractivity contribution in [2.24, 2.45) is 5.41 Å². The zero-order chi connectivity index (χ0) is 13.1. The Labute approximate surface area is 119 Å². The molecule has 2 nitrogen and oxygen atoms in total. The zero-order valence-electron chi connectivity index (χ0n) is 11.0. The SMILES string of the molecule is ClCCC1(CNCc2ccc3ccccc3n2)CC1. The number of benzene rings is 1. The lowest BCUT2D eigenvalue weighted by atomic mass is 10.0. The summed E-state index contributed by atoms with van der Waals surface area (Å²) in [7, 11) is 0. The van der Waals surface area contributed by atoms with Crippen LogP contribution in [0.2, 0.25) is 0 Å². The molecule has 1 aromatic carbocycles. The Morgan fingerprint density at radius 2 is 2.00 bits per heavy atom. The number of hydrogen-bond acceptors (Lipinski definition) is 2. The molecule has 1 aliphatic carbocycles. The Kier molecular flexibility index (Phi) is 3.72. The van der Waals surface area contributed by atoms with E-state index < -0.39 is 0 Å². The number of halogens is 1. The molecule has 0 radical (unpaired) electrons. The molecule has 19 heavy (non-hydrogen) atoms. The maximum atomic E-state index is 5.85. The van der Waals surface area contributed by atoms with E-state index in [1.165, 1.54) is 18.2 Å². The average Bonchev–Trinajstić information content (AvgIpc) is 3.19. The van der Waals surface area contributed by atoms with Crippen LogP contribution < -0.4 is 5.32 Å². The quantitative estimate of drug-likeness (QED) is 0.812. The number of pyridine rings is 1. The first-order valence-corrected chi connectivity index (χ1v) is 7.46. The van der Waals surface area contributed by atoms with Crippen LogP contribution in [0.5, 0.6) is 0 Å². The lowest BCUT2D eigenvalue weighted by Crippen LogP contribution is -2.24. The number of fused-ring (bicyclic) bond motifs is 1. The molecular formula is C16H19ClN2. The van der Waals surface area contributed by atoms with E-state index in [0.29, 0.717) is 5.41 Å². The van der Waals surface area contributed by atoms with Gasteiger partial charge in [-0.2, -0.15) is 0 Å². The molecule has 0 spiro atoms. The fourth-order valence-corrected chi connectivity index (χ4v) is 2.96. The minimum Gasteiger partial charge on any atom is -0.311 e. The van der Waals surface area contributed by atoms with Crippen LogP contribution in [0, 0.1) is 5.41 Å². The van der Waals surface area contributed by atoms with E-state index in [1.54, 1.807) is 0 Å². The molecule has 1 aromatic heterocycles. The number of aromatic nitrogens is 1. The van der Waals surface area contributed by atoms with Gasteiger partial charge >= 0.3 is 0 Å². The molecule has 0 amide bonds. The van der Waals surface area contributed by atoms with Crippen LogP contribution in [0.1, 0.15) is 25.0 Å². The zero-order valence-corrected chi connectivity index (χ0v) is 11.8. The lowest BCUT2D eigenvalue weighted by molar-refractivity contribution is 0.444. The summed E-state index contributed by atoms with van der Waals surface area (Å²) in [5.41, 5.74) is 2.67. The average molecular weight is 275 g/mol. The Bertz CT molecular complexity index is 563. The third-order valence-corrected chi connectivity index (χ3v) is 4.23. The maximum absolute atomic E-state index is 5.85. The van der Waals surface area contributed by atoms with E-state index in [2.05, 4.69) is 34.6 Å². The van der Waals surface area contributed by atoms with Crippen LogP contribution in [0.4, 0.5) is 0 Å². The van der Waals surface area contributed by atoms with Crippen molar-refractivity contribution < 1.29 is 0 Å². The van der Waals surface area contributed by atoms with Crippen molar-refractivity contribution in [3.8, 4) is 0 Å². The smallest absolute Gasteiger partial charge is 0.0705 e. The van der Waals surface area contributed by atoms with Crippen molar-refractivity contribution >= 4 is 22.5 Å². The van der Waals surface area contributed by atoms with Gasteiger partial charge in [0.1, 0.15) is 0 Å². The molecule has 1 fully saturated rings. The molecule has 1 heterocycles. The number of hydrogen-bond donors (Lipinski definition) is 1. The molecule has 0 aliphatic heterocycles. The number of alkyl halides is 1. The van der Waals surface area contributed by atoms with Crippen molar-refractivity contribution in [2.45, 2.75) is 25.8 Å². The van der Waals surface area contributed by atoms with Crippen LogP contribution >= 0.6 is 11.6 Å². The lowest BCUT2D eigenvalue weighted by Gasteiger charge is -2.14. The summed E-state index contributed by atoms with van der Waals surface area (Å²) in [6.45, 7) is 1.91. The van der Waals surface area contributed by atoms with E-state index >= 15 is 0 Å². The van der Waals surface area contributed by atoms with Gasteiger partial charge in [0.05, 0.1) is 11.2 Å². The Balaban J connectivity index is 1.59. The summed E-state index contributed by atoms with van der Waals surface area (Å²) in [6.07, 6.45) is 3.77. The van der Waals surface area contributed by atoms with Gasteiger partial charge in [-0.15, -0.1) is 11.6 Å². The summed E-state index contributed by atoms with van der Waals surface area (Å²) >= 11 is 5.85. The van der Waals surface area contributed by atoms with Crippen molar-refractivity contribution in [3.05, 3.63) is 42.1 Å². The highest BCUT2D eigenvalue weighted by molar-refractivity contribution is 6.17. The highest BCUT2D eigenvalue weighted by atomic mass is 35.5. The first kappa shape index (κ1) is 12.9. The van der Waals surface area contributed by atoms with Gasteiger partial charge in [0, 0.05) is 24.4 Å². The van der Waals surface area contributed by atoms with Crippen molar-refractivity contribution in [1.29, 1.82) is 0 Å². The molecule has 3 rings (SSSR count). The molecule has 1 aliphatic rings. The molecule has 1 saturated carbocycles. The van der Waals surface area contributed by atoms with E-state index in [1.807, 2.05) is 12.1 Å². The second kappa shape index (κ2) is 5.48. The predicted molar refractivity (Wildman–Crippen MR) is 80.5 cm³/mol. The third kappa shape index (κ3) is 3.07. The molecule has 3 heteroatoms. The first-order valence-electron chi connectivity index (χ1n) is 6.93. The van der Waals surface area contributed by atoms with Gasteiger partial charge in [0.2, 0.25) is 0 Å². The summed E-state index contributed by atoms with van der Waals surface area (Å²) in [5, 5.41) is 4.73. The van der Waals surface area contributed by atoms with Crippen LogP contribution in [0.3, 0.4) is 0 Å². The molecule has 2 aromatic rings. The van der Waals surface area contributed by atoms with E-state index in [0.717, 1.165) is 36.6 Å². The van der Waals surface area contributed by atoms with Gasteiger partial charge in [-0.1, -0.05) is 24.3 Å². The summed E-state index contributed by atoms with van der Waals surface area (Å²) in [5.74, 6) is 0.774. The van der Waals surface area contributed by atoms with Crippen LogP contribution in [-0.4, -0.2) is 17.4 Å². The highest BCUT2D eigenvalue weighted by Gasteiger charge is 2.41. The fourth-order valence-electron chi connectivity index (χ4n) is 2.55. The molecule has 0 bridgehead atoms. The van der Waals surface area contributed by atoms with Gasteiger partial charge in [-0.05, 0) is 36.8 Å². The summed E-state index contributed by atoms with van der Waals surface area (Å²) in [4.78, 5) is 4.67. The van der Waals surface area contributed by atoms with Gasteiger partial charge in [0.25, 0.3) is 0 Å². The number of nitrogens with one attached hydrogen (secondary N) is 1. The van der Waals surface area contributed by atoms with Gasteiger partial charge in [-0.25, -0.2) is 0 Å². The summed E-state index contributed by atoms with van der Waals surface area (Å²) in [6, 6.07) is 12.5. The molecule has 0 saturated heterocycles. The minimum atomic E-state index is 0.485. The van der Waals surface area contributed by atoms with Crippen LogP contribution in [-0.2, 0) is 6.54 Å². The van der Waals surface area contributed by atoms with Crippen molar-refractivity contribution in [3.63, 3.8) is 0 Å². The predicted octanol–water partition coefficient (Wildman–Crippen LogP) is 3.73. The highest BCUT2D eigenvalue weighted by Crippen LogP contribution is 2.48. The molecule has 0 atom stereocenters. The monoisotopic (exact) mass is 274 g/mol. The topological polar surface area (TPSA) is 24.9 Å². The normalized spacial score (nSPS) is 16.7. The van der Waals surface area contributed by atoms with E-state index in [-0.39, 0.29) is 0 Å². The standard InChI is InChI=1S/C16H19ClN2/c17-10-9-16(7-8-16)12-18-11-14-6-5-13-3-1-2-4-15(13)19-14/h1-6,18H,7-12H2. The molecule has 0 unspecified atom stereocenters. The summed E-state index contributed by atoms with van der Waals surface area (Å²) < 4.78 is 0. The molecular weight excluding hydrogens is 256 g/mol. The van der Waals surface area contributed by atoms with Gasteiger partial charge in [-0.3, -0.25) is 4.98 Å². The number of nitrogens with zero attached hydrogens (tertiary/aromatic N) is 1. The number of rotatable bonds is 6. The molecule has 1 N–H and O–H groups in total. The Morgan fingerprint density at radius 3 is 2.79 bits per heavy atom. The van der Waals surface area contributed by atoms with Crippen molar-refractivity contribution in [2.75, 3.05) is 12.4 Å². The second-order valence-corrected chi connectivity index (χ2v) is 5.92. The first-order chi connectivity index (χ1) is 9.31. The van der Waals surface area contributed by atoms with Crippen molar-refractivity contribution in [1.82, 2.24) is 10.3 Å². The Hall–Kier alpha value is -1.12. The van der Waals surface area contributed by atoms with E-state index in [9.17, 15) is 0 Å². The van der Waals surface area contributed by atoms with Gasteiger partial charge < -0.3 is 5.32 Å². The Morgan fingerprint density at radius 1 is 1.16 bits per heavy atom. The second-order valence-electron chi connectivity index (χ2n) is 5.54. The molecule has 100 valence electrons. The largest absolute Gasteiger partial charge is 0.311 e. The van der Waals surface area contributed by atoms with Crippen LogP contribution in [0.25, 0.3) is 10.9 Å². The van der Waals surface area contributed by atoms with Gasteiger partial charge in [0.15, 0.2) is 0 Å². The van der Waals surface area contributed by atoms with E-state index in [4.69, 9.17) is 11.6 Å². The fraction of sp³-hybridized carbons (Fsp3) is 0.438. The third-order valence-electron chi connectivity index (χ3n) is 4.04. The number of para-hydroxylation sites is 1. The minimum absolute atomic E-state index is 0.485. The maximum Gasteiger partial charge on any atom is 0.0705 e. The van der Waals surface area contributed by atoms with Crippen LogP contribution in [0.15, 0.2) is 36.4 Å².